The van der Waals surface area contributed by atoms with E-state index in [2.05, 4.69) is 16.2 Å². The first-order valence-corrected chi connectivity index (χ1v) is 9.69. The van der Waals surface area contributed by atoms with Gasteiger partial charge in [-0.15, -0.1) is 0 Å². The molecule has 1 aromatic carbocycles. The van der Waals surface area contributed by atoms with Crippen LogP contribution in [0.3, 0.4) is 0 Å². The molecule has 29 heavy (non-hydrogen) atoms. The van der Waals surface area contributed by atoms with Crippen LogP contribution in [0.1, 0.15) is 42.5 Å². The monoisotopic (exact) mass is 397 g/mol. The number of rotatable bonds is 3. The summed E-state index contributed by atoms with van der Waals surface area (Å²) in [5, 5.41) is 3.51. The summed E-state index contributed by atoms with van der Waals surface area (Å²) in [4.78, 5) is 50.6. The number of nitrogens with one attached hydrogen (secondary N) is 3. The number of nitrogens with zero attached hydrogens (tertiary/aromatic N) is 2. The van der Waals surface area contributed by atoms with Crippen LogP contribution < -0.4 is 16.2 Å². The summed E-state index contributed by atoms with van der Waals surface area (Å²) < 4.78 is 1.82. The van der Waals surface area contributed by atoms with Crippen LogP contribution in [0.5, 0.6) is 0 Å². The molecule has 0 radical (unpaired) electrons. The Morgan fingerprint density at radius 3 is 2.59 bits per heavy atom. The van der Waals surface area contributed by atoms with Gasteiger partial charge in [0.15, 0.2) is 0 Å². The number of hydrogen-bond donors (Lipinski definition) is 3. The Kier molecular flexibility index (Phi) is 4.73. The number of para-hydroxylation sites is 1. The number of fused-ring (bicyclic) bond motifs is 1. The highest BCUT2D eigenvalue weighted by molar-refractivity contribution is 6.10. The van der Waals surface area contributed by atoms with Crippen molar-refractivity contribution < 1.29 is 19.2 Å². The maximum Gasteiger partial charge on any atom is 0.325 e. The van der Waals surface area contributed by atoms with E-state index < -0.39 is 29.9 Å². The number of benzene rings is 1. The number of amides is 5. The standard InChI is InChI=1S/C20H23N5O4/c1-24-11-14(13-7-3-4-8-15(13)24)17(27)23-22-16(26)12-25-18(28)20(21-19(25)29)9-5-2-6-10-20/h3-4,7-8,11H,2,5-6,9-10,12H2,1H3,(H,21,29)(H,22,26)(H,23,27). The predicted molar refractivity (Wildman–Crippen MR) is 105 cm³/mol. The van der Waals surface area contributed by atoms with E-state index in [0.717, 1.165) is 35.1 Å². The second-order valence-corrected chi connectivity index (χ2v) is 7.64. The Morgan fingerprint density at radius 1 is 1.10 bits per heavy atom. The van der Waals surface area contributed by atoms with Crippen LogP contribution >= 0.6 is 0 Å². The zero-order chi connectivity index (χ0) is 20.6. The highest BCUT2D eigenvalue weighted by Crippen LogP contribution is 2.33. The largest absolute Gasteiger partial charge is 0.350 e. The van der Waals surface area contributed by atoms with Crippen molar-refractivity contribution in [3.05, 3.63) is 36.0 Å². The van der Waals surface area contributed by atoms with Crippen LogP contribution in [-0.2, 0) is 16.6 Å². The van der Waals surface area contributed by atoms with Gasteiger partial charge in [-0.2, -0.15) is 0 Å². The van der Waals surface area contributed by atoms with Gasteiger partial charge in [-0.25, -0.2) is 4.79 Å². The molecular formula is C20H23N5O4. The number of urea groups is 1. The van der Waals surface area contributed by atoms with Gasteiger partial charge < -0.3 is 9.88 Å². The molecule has 1 spiro atoms. The molecule has 1 saturated carbocycles. The lowest BCUT2D eigenvalue weighted by Gasteiger charge is -2.30. The number of hydrogen-bond acceptors (Lipinski definition) is 4. The quantitative estimate of drug-likeness (QED) is 0.533. The molecule has 1 aliphatic carbocycles. The number of aryl methyl sites for hydroxylation is 1. The van der Waals surface area contributed by atoms with E-state index in [1.54, 1.807) is 6.20 Å². The number of aromatic nitrogens is 1. The third-order valence-electron chi connectivity index (χ3n) is 5.71. The van der Waals surface area contributed by atoms with Gasteiger partial charge in [0, 0.05) is 24.1 Å². The van der Waals surface area contributed by atoms with Crippen LogP contribution in [0.4, 0.5) is 4.79 Å². The first kappa shape index (κ1) is 19.0. The van der Waals surface area contributed by atoms with Gasteiger partial charge in [0.2, 0.25) is 0 Å². The van der Waals surface area contributed by atoms with E-state index in [1.165, 1.54) is 0 Å². The van der Waals surface area contributed by atoms with Crippen molar-refractivity contribution in [1.29, 1.82) is 0 Å². The minimum absolute atomic E-state index is 0.363. The van der Waals surface area contributed by atoms with Crippen LogP contribution in [-0.4, -0.2) is 45.3 Å². The smallest absolute Gasteiger partial charge is 0.325 e. The van der Waals surface area contributed by atoms with Crippen LogP contribution in [0.25, 0.3) is 10.9 Å². The fourth-order valence-corrected chi connectivity index (χ4v) is 4.21. The fourth-order valence-electron chi connectivity index (χ4n) is 4.21. The molecule has 152 valence electrons. The van der Waals surface area contributed by atoms with Crippen molar-refractivity contribution in [1.82, 2.24) is 25.6 Å². The van der Waals surface area contributed by atoms with Crippen LogP contribution in [0.2, 0.25) is 0 Å². The van der Waals surface area contributed by atoms with E-state index in [1.807, 2.05) is 35.9 Å². The molecule has 0 bridgehead atoms. The maximum atomic E-state index is 12.7. The molecule has 0 atom stereocenters. The Bertz CT molecular complexity index is 1010. The zero-order valence-corrected chi connectivity index (χ0v) is 16.2. The average Bonchev–Trinajstić information content (AvgIpc) is 3.17. The molecule has 2 aliphatic rings. The molecule has 2 fully saturated rings. The highest BCUT2D eigenvalue weighted by Gasteiger charge is 2.51. The van der Waals surface area contributed by atoms with Gasteiger partial charge in [0.1, 0.15) is 12.1 Å². The topological polar surface area (TPSA) is 113 Å². The number of hydrazine groups is 1. The maximum absolute atomic E-state index is 12.7. The van der Waals surface area contributed by atoms with E-state index in [9.17, 15) is 19.2 Å². The van der Waals surface area contributed by atoms with Crippen LogP contribution in [0, 0.1) is 0 Å². The Morgan fingerprint density at radius 2 is 1.83 bits per heavy atom. The molecule has 1 aliphatic heterocycles. The lowest BCUT2D eigenvalue weighted by Crippen LogP contribution is -2.50. The Balaban J connectivity index is 1.38. The highest BCUT2D eigenvalue weighted by atomic mass is 16.2. The molecule has 4 rings (SSSR count). The summed E-state index contributed by atoms with van der Waals surface area (Å²) in [6.07, 6.45) is 5.63. The summed E-state index contributed by atoms with van der Waals surface area (Å²) in [5.74, 6) is -1.48. The van der Waals surface area contributed by atoms with Gasteiger partial charge >= 0.3 is 6.03 Å². The number of carbonyl (C=O) groups is 4. The van der Waals surface area contributed by atoms with E-state index in [4.69, 9.17) is 0 Å². The summed E-state index contributed by atoms with van der Waals surface area (Å²) in [7, 11) is 1.83. The molecule has 1 aromatic heterocycles. The fraction of sp³-hybridized carbons (Fsp3) is 0.400. The zero-order valence-electron chi connectivity index (χ0n) is 16.2. The average molecular weight is 397 g/mol. The number of imide groups is 1. The second-order valence-electron chi connectivity index (χ2n) is 7.64. The lowest BCUT2D eigenvalue weighted by molar-refractivity contribution is -0.136. The first-order chi connectivity index (χ1) is 13.9. The molecule has 0 unspecified atom stereocenters. The van der Waals surface area contributed by atoms with E-state index in [-0.39, 0.29) is 5.91 Å². The Hall–Kier alpha value is -3.36. The van der Waals surface area contributed by atoms with Gasteiger partial charge in [-0.05, 0) is 18.9 Å². The molecular weight excluding hydrogens is 374 g/mol. The SMILES string of the molecule is Cn1cc(C(=O)NNC(=O)CN2C(=O)NC3(CCCCC3)C2=O)c2ccccc21. The summed E-state index contributed by atoms with van der Waals surface area (Å²) in [5.41, 5.74) is 5.08. The summed E-state index contributed by atoms with van der Waals surface area (Å²) >= 11 is 0. The minimum Gasteiger partial charge on any atom is -0.350 e. The summed E-state index contributed by atoms with van der Waals surface area (Å²) in [6.45, 7) is -0.442. The van der Waals surface area contributed by atoms with Crippen molar-refractivity contribution in [3.63, 3.8) is 0 Å². The molecule has 1 saturated heterocycles. The van der Waals surface area contributed by atoms with Crippen molar-refractivity contribution >= 4 is 34.7 Å². The Labute approximate surface area is 167 Å². The number of carbonyl (C=O) groups excluding carboxylic acids is 4. The van der Waals surface area contributed by atoms with E-state index in [0.29, 0.717) is 18.4 Å². The van der Waals surface area contributed by atoms with Crippen LogP contribution in [0.15, 0.2) is 30.5 Å². The van der Waals surface area contributed by atoms with Crippen molar-refractivity contribution in [2.24, 2.45) is 7.05 Å². The summed E-state index contributed by atoms with van der Waals surface area (Å²) in [6, 6.07) is 6.86. The minimum atomic E-state index is -0.873. The van der Waals surface area contributed by atoms with Gasteiger partial charge in [0.25, 0.3) is 17.7 Å². The molecule has 9 nitrogen and oxygen atoms in total. The van der Waals surface area contributed by atoms with Gasteiger partial charge in [0.05, 0.1) is 5.56 Å². The molecule has 5 amide bonds. The molecule has 2 heterocycles. The molecule has 3 N–H and O–H groups in total. The van der Waals surface area contributed by atoms with Crippen molar-refractivity contribution in [3.8, 4) is 0 Å². The lowest BCUT2D eigenvalue weighted by atomic mass is 9.82. The van der Waals surface area contributed by atoms with Crippen molar-refractivity contribution in [2.75, 3.05) is 6.54 Å². The van der Waals surface area contributed by atoms with Gasteiger partial charge in [-0.3, -0.25) is 30.1 Å². The second kappa shape index (κ2) is 7.23. The first-order valence-electron chi connectivity index (χ1n) is 9.69. The van der Waals surface area contributed by atoms with Crippen molar-refractivity contribution in [2.45, 2.75) is 37.6 Å². The molecule has 2 aromatic rings. The van der Waals surface area contributed by atoms with E-state index >= 15 is 0 Å². The third-order valence-corrected chi connectivity index (χ3v) is 5.71. The normalized spacial score (nSPS) is 18.2. The predicted octanol–water partition coefficient (Wildman–Crippen LogP) is 1.19. The third kappa shape index (κ3) is 3.32. The molecule has 9 heteroatoms. The van der Waals surface area contributed by atoms with Gasteiger partial charge in [-0.1, -0.05) is 37.5 Å².